The Labute approximate surface area is 239 Å². The summed E-state index contributed by atoms with van der Waals surface area (Å²) < 4.78 is 7.37. The number of aliphatic carboxylic acids is 1. The van der Waals surface area contributed by atoms with Crippen molar-refractivity contribution >= 4 is 46.5 Å². The number of aliphatic hydroxyl groups excluding tert-OH is 1. The molecule has 0 aliphatic carbocycles. The van der Waals surface area contributed by atoms with Gasteiger partial charge in [-0.3, -0.25) is 19.0 Å². The van der Waals surface area contributed by atoms with Gasteiger partial charge in [0.2, 0.25) is 5.91 Å². The molecular weight excluding hydrogens is 554 g/mol. The smallest absolute Gasteiger partial charge is 0.320 e. The quantitative estimate of drug-likeness (QED) is 0.115. The number of carbonyl (C=O) groups is 3. The maximum absolute atomic E-state index is 13.1. The molecule has 4 rings (SSSR count). The zero-order chi connectivity index (χ0) is 29.5. The zero-order valence-electron chi connectivity index (χ0n) is 22.0. The zero-order valence-corrected chi connectivity index (χ0v) is 22.8. The van der Waals surface area contributed by atoms with Crippen LogP contribution in [0.2, 0.25) is 0 Å². The molecule has 6 atom stereocenters. The van der Waals surface area contributed by atoms with Gasteiger partial charge in [0.15, 0.2) is 23.8 Å². The predicted molar refractivity (Wildman–Crippen MR) is 150 cm³/mol. The first kappa shape index (κ1) is 30.1. The van der Waals surface area contributed by atoms with Gasteiger partial charge < -0.3 is 42.8 Å². The van der Waals surface area contributed by atoms with Crippen molar-refractivity contribution in [1.82, 2.24) is 30.2 Å². The van der Waals surface area contributed by atoms with Crippen molar-refractivity contribution in [3.63, 3.8) is 0 Å². The summed E-state index contributed by atoms with van der Waals surface area (Å²) >= 11 is 1.48. The van der Waals surface area contributed by atoms with Crippen LogP contribution < -0.4 is 27.8 Å². The predicted octanol–water partition coefficient (Wildman–Crippen LogP) is -1.28. The van der Waals surface area contributed by atoms with Crippen LogP contribution in [0.4, 0.5) is 5.82 Å². The number of nitrogen functional groups attached to an aromatic ring is 1. The van der Waals surface area contributed by atoms with E-state index < -0.39 is 54.3 Å². The number of anilines is 1. The molecule has 2 amide bonds. The highest BCUT2D eigenvalue weighted by molar-refractivity contribution is 7.98. The molecule has 2 aromatic heterocycles. The summed E-state index contributed by atoms with van der Waals surface area (Å²) in [6.45, 7) is 0.106. The first-order valence-corrected chi connectivity index (χ1v) is 14.0. The first-order valence-electron chi connectivity index (χ1n) is 12.9. The second-order valence-corrected chi connectivity index (χ2v) is 10.6. The summed E-state index contributed by atoms with van der Waals surface area (Å²) in [6.07, 6.45) is -0.845. The van der Waals surface area contributed by atoms with Crippen molar-refractivity contribution in [2.75, 3.05) is 18.0 Å². The number of carboxylic acid groups (broad SMARTS) is 1. The Morgan fingerprint density at radius 3 is 2.61 bits per heavy atom. The monoisotopic (exact) mass is 587 g/mol. The molecule has 1 unspecified atom stereocenters. The van der Waals surface area contributed by atoms with Gasteiger partial charge >= 0.3 is 5.97 Å². The number of nitrogens with one attached hydrogen (secondary N) is 2. The maximum Gasteiger partial charge on any atom is 0.320 e. The van der Waals surface area contributed by atoms with Crippen LogP contribution >= 0.6 is 11.8 Å². The third-order valence-electron chi connectivity index (χ3n) is 6.55. The molecule has 220 valence electrons. The third kappa shape index (κ3) is 7.28. The normalized spacial score (nSPS) is 21.8. The molecule has 0 spiro atoms. The fraction of sp³-hybridized carbons (Fsp3) is 0.440. The number of imidazole rings is 1. The van der Waals surface area contributed by atoms with Crippen molar-refractivity contribution < 1.29 is 29.3 Å². The van der Waals surface area contributed by atoms with Crippen LogP contribution in [0.25, 0.3) is 11.2 Å². The van der Waals surface area contributed by atoms with Crippen molar-refractivity contribution in [2.24, 2.45) is 11.5 Å². The summed E-state index contributed by atoms with van der Waals surface area (Å²) in [7, 11) is 0. The van der Waals surface area contributed by atoms with E-state index in [1.165, 1.54) is 29.0 Å². The average Bonchev–Trinajstić information content (AvgIpc) is 3.53. The number of hydrogen-bond acceptors (Lipinski definition) is 12. The van der Waals surface area contributed by atoms with Gasteiger partial charge in [0.1, 0.15) is 24.0 Å². The summed E-state index contributed by atoms with van der Waals surface area (Å²) in [5.74, 6) is -1.23. The number of amides is 2. The van der Waals surface area contributed by atoms with Crippen LogP contribution in [0.1, 0.15) is 24.6 Å². The average molecular weight is 588 g/mol. The van der Waals surface area contributed by atoms with E-state index in [1.54, 1.807) is 0 Å². The van der Waals surface area contributed by atoms with E-state index in [9.17, 15) is 19.5 Å². The van der Waals surface area contributed by atoms with Gasteiger partial charge in [0.05, 0.1) is 18.4 Å². The van der Waals surface area contributed by atoms with Crippen LogP contribution in [0.15, 0.2) is 43.0 Å². The van der Waals surface area contributed by atoms with Gasteiger partial charge in [-0.25, -0.2) is 15.0 Å². The molecule has 3 heterocycles. The number of aliphatic hydroxyl groups is 1. The minimum atomic E-state index is -1.40. The number of aromatic nitrogens is 4. The number of hydrogen-bond donors (Lipinski definition) is 7. The summed E-state index contributed by atoms with van der Waals surface area (Å²) in [4.78, 5) is 49.4. The number of nitrogens with zero attached hydrogens (tertiary/aromatic N) is 4. The van der Waals surface area contributed by atoms with E-state index in [4.69, 9.17) is 27.0 Å². The molecule has 15 nitrogen and oxygen atoms in total. The summed E-state index contributed by atoms with van der Waals surface area (Å²) in [5, 5.41) is 25.5. The maximum atomic E-state index is 13.1. The van der Waals surface area contributed by atoms with Crippen LogP contribution in [0.3, 0.4) is 0 Å². The molecule has 0 radical (unpaired) electrons. The summed E-state index contributed by atoms with van der Waals surface area (Å²) in [5.41, 5.74) is 19.2. The van der Waals surface area contributed by atoms with E-state index >= 15 is 0 Å². The van der Waals surface area contributed by atoms with Crippen LogP contribution in [-0.4, -0.2) is 90.1 Å². The van der Waals surface area contributed by atoms with E-state index in [0.29, 0.717) is 17.9 Å². The Kier molecular flexibility index (Phi) is 10.1. The van der Waals surface area contributed by atoms with Crippen molar-refractivity contribution in [3.05, 3.63) is 48.5 Å². The van der Waals surface area contributed by atoms with Crippen molar-refractivity contribution in [3.8, 4) is 0 Å². The lowest BCUT2D eigenvalue weighted by Crippen LogP contribution is -2.56. The van der Waals surface area contributed by atoms with Gasteiger partial charge in [-0.1, -0.05) is 30.3 Å². The highest BCUT2D eigenvalue weighted by Crippen LogP contribution is 2.32. The number of ether oxygens (including phenoxy) is 1. The second kappa shape index (κ2) is 13.7. The summed E-state index contributed by atoms with van der Waals surface area (Å²) in [6, 6.07) is 6.57. The Bertz CT molecular complexity index is 1360. The minimum absolute atomic E-state index is 0.106. The number of nitrogens with two attached hydrogens (primary N) is 3. The van der Waals surface area contributed by atoms with Gasteiger partial charge in [-0.2, -0.15) is 11.8 Å². The minimum Gasteiger partial charge on any atom is -0.480 e. The lowest BCUT2D eigenvalue weighted by Gasteiger charge is -2.23. The van der Waals surface area contributed by atoms with Crippen LogP contribution in [-0.2, 0) is 24.9 Å². The van der Waals surface area contributed by atoms with Gasteiger partial charge in [-0.15, -0.1) is 0 Å². The van der Waals surface area contributed by atoms with E-state index in [1.807, 2.05) is 30.3 Å². The fourth-order valence-electron chi connectivity index (χ4n) is 4.33. The van der Waals surface area contributed by atoms with E-state index in [0.717, 1.165) is 5.56 Å². The number of fused-ring (bicyclic) bond motifs is 1. The van der Waals surface area contributed by atoms with Crippen LogP contribution in [0.5, 0.6) is 0 Å². The Balaban J connectivity index is 1.45. The molecule has 1 saturated heterocycles. The molecule has 3 aromatic rings. The van der Waals surface area contributed by atoms with Crippen LogP contribution in [0, 0.1) is 0 Å². The molecule has 1 aromatic carbocycles. The topological polar surface area (TPSA) is 247 Å². The van der Waals surface area contributed by atoms with Gasteiger partial charge in [0.25, 0.3) is 5.91 Å². The standard InChI is InChI=1S/C25H33N9O6S/c26-14(25(38)39)7-4-8-29-23(37)19-16(33-22(36)15(27)10-41-9-13-5-2-1-3-6-13)18(35)24(40-19)34-12-32-17-20(28)30-11-31-21(17)34/h1-3,5-6,11-12,14-16,18-19,24,35H,4,7-10,26-27H2,(H,29,37)(H,33,36)(H,38,39)(H2,28,30,31)/t14?,15-,16+,18-,19+,24-/m1/s1. The fourth-order valence-corrected chi connectivity index (χ4v) is 5.28. The van der Waals surface area contributed by atoms with E-state index in [2.05, 4.69) is 25.6 Å². The second-order valence-electron chi connectivity index (χ2n) is 9.54. The molecule has 0 saturated carbocycles. The number of rotatable bonds is 13. The Hall–Kier alpha value is -3.83. The Morgan fingerprint density at radius 1 is 1.12 bits per heavy atom. The molecule has 1 aliphatic rings. The molecular formula is C25H33N9O6S. The first-order chi connectivity index (χ1) is 19.7. The number of carboxylic acids is 1. The largest absolute Gasteiger partial charge is 0.480 e. The van der Waals surface area contributed by atoms with E-state index in [-0.39, 0.29) is 29.9 Å². The molecule has 1 fully saturated rings. The highest BCUT2D eigenvalue weighted by Gasteiger charge is 2.49. The molecule has 1 aliphatic heterocycles. The molecule has 0 bridgehead atoms. The highest BCUT2D eigenvalue weighted by atomic mass is 32.2. The van der Waals surface area contributed by atoms with Crippen molar-refractivity contribution in [2.45, 2.75) is 55.2 Å². The lowest BCUT2D eigenvalue weighted by molar-refractivity contribution is -0.138. The molecule has 16 heteroatoms. The SMILES string of the molecule is Nc1ncnc2c1ncn2[C@@H]1O[C@H](C(=O)NCCCC(N)C(=O)O)[C@@H](NC(=O)[C@H](N)CSCc2ccccc2)[C@H]1O. The number of carbonyl (C=O) groups excluding carboxylic acids is 2. The van der Waals surface area contributed by atoms with Gasteiger partial charge in [0, 0.05) is 18.1 Å². The Morgan fingerprint density at radius 2 is 1.88 bits per heavy atom. The lowest BCUT2D eigenvalue weighted by atomic mass is 10.1. The number of benzene rings is 1. The molecule has 41 heavy (non-hydrogen) atoms. The molecule has 10 N–H and O–H groups in total. The van der Waals surface area contributed by atoms with Gasteiger partial charge in [-0.05, 0) is 18.4 Å². The van der Waals surface area contributed by atoms with Crippen molar-refractivity contribution in [1.29, 1.82) is 0 Å². The number of thioether (sulfide) groups is 1. The third-order valence-corrected chi connectivity index (χ3v) is 7.69.